The molecule has 5 atom stereocenters. The maximum Gasteiger partial charge on any atom is 0.265 e. The molecule has 8 N–H and O–H groups in total. The monoisotopic (exact) mass is 337 g/mol. The third-order valence-corrected chi connectivity index (χ3v) is 3.18. The summed E-state index contributed by atoms with van der Waals surface area (Å²) >= 11 is 0. The quantitative estimate of drug-likeness (QED) is 0.286. The Bertz CT molecular complexity index is 564. The van der Waals surface area contributed by atoms with Crippen molar-refractivity contribution < 1.29 is 33.8 Å². The summed E-state index contributed by atoms with van der Waals surface area (Å²) in [6, 6.07) is 0. The molecule has 0 bridgehead atoms. The molecule has 0 amide bonds. The Balaban J connectivity index is 2.02. The van der Waals surface area contributed by atoms with E-state index in [0.29, 0.717) is 0 Å². The van der Waals surface area contributed by atoms with Crippen LogP contribution in [0.25, 0.3) is 0 Å². The molecular weight excluding hydrogens is 323 g/mol. The largest absolute Gasteiger partial charge is 0.756 e. The second kappa shape index (κ2) is 6.26. The second-order valence-corrected chi connectivity index (χ2v) is 5.56. The zero-order chi connectivity index (χ0) is 16.5. The van der Waals surface area contributed by atoms with Crippen molar-refractivity contribution in [3.05, 3.63) is 0 Å². The highest BCUT2D eigenvalue weighted by molar-refractivity contribution is 7.44. The summed E-state index contributed by atoms with van der Waals surface area (Å²) in [4.78, 5) is 29.9. The average molecular weight is 337 g/mol. The number of aliphatic hydroxyl groups excluding tert-OH is 2. The smallest absolute Gasteiger partial charge is 0.265 e. The number of aliphatic hydroxyl groups is 2. The molecular formula is C8H14N6O7P-. The fourth-order valence-electron chi connectivity index (χ4n) is 1.77. The molecule has 2 heterocycles. The SMILES string of the molecule is Nc1nc(N)nc(NC2O[C@H](COP(=O)([O-])O)[C@@H](O)[C@H]2O)n1. The van der Waals surface area contributed by atoms with Gasteiger partial charge in [-0.3, -0.25) is 4.57 Å². The summed E-state index contributed by atoms with van der Waals surface area (Å²) < 4.78 is 19.8. The highest BCUT2D eigenvalue weighted by Crippen LogP contribution is 2.32. The summed E-state index contributed by atoms with van der Waals surface area (Å²) in [5, 5.41) is 22.1. The Morgan fingerprint density at radius 3 is 2.41 bits per heavy atom. The van der Waals surface area contributed by atoms with E-state index in [1.807, 2.05) is 0 Å². The van der Waals surface area contributed by atoms with Gasteiger partial charge in [0.1, 0.15) is 18.3 Å². The molecule has 124 valence electrons. The van der Waals surface area contributed by atoms with Crippen molar-refractivity contribution in [2.24, 2.45) is 0 Å². The van der Waals surface area contributed by atoms with Crippen LogP contribution in [0.1, 0.15) is 0 Å². The number of phosphoric ester groups is 1. The van der Waals surface area contributed by atoms with Crippen molar-refractivity contribution in [3.63, 3.8) is 0 Å². The van der Waals surface area contributed by atoms with Gasteiger partial charge < -0.3 is 46.0 Å². The van der Waals surface area contributed by atoms with Crippen LogP contribution in [0.2, 0.25) is 0 Å². The number of nitrogens with two attached hydrogens (primary N) is 2. The van der Waals surface area contributed by atoms with Gasteiger partial charge >= 0.3 is 0 Å². The van der Waals surface area contributed by atoms with Crippen molar-refractivity contribution >= 4 is 25.7 Å². The first-order valence-corrected chi connectivity index (χ1v) is 7.39. The van der Waals surface area contributed by atoms with E-state index in [2.05, 4.69) is 24.8 Å². The van der Waals surface area contributed by atoms with E-state index in [4.69, 9.17) is 21.1 Å². The predicted octanol–water partition coefficient (Wildman–Crippen LogP) is -3.63. The third kappa shape index (κ3) is 4.20. The molecule has 2 rings (SSSR count). The van der Waals surface area contributed by atoms with Crippen molar-refractivity contribution in [1.29, 1.82) is 0 Å². The van der Waals surface area contributed by atoms with E-state index in [0.717, 1.165) is 0 Å². The normalized spacial score (nSPS) is 30.9. The van der Waals surface area contributed by atoms with Crippen LogP contribution in [-0.4, -0.2) is 61.2 Å². The van der Waals surface area contributed by atoms with Gasteiger partial charge in [-0.05, 0) is 0 Å². The molecule has 22 heavy (non-hydrogen) atoms. The lowest BCUT2D eigenvalue weighted by atomic mass is 10.1. The molecule has 1 fully saturated rings. The predicted molar refractivity (Wildman–Crippen MR) is 68.7 cm³/mol. The Morgan fingerprint density at radius 2 is 1.86 bits per heavy atom. The van der Waals surface area contributed by atoms with Crippen LogP contribution in [0.3, 0.4) is 0 Å². The van der Waals surface area contributed by atoms with Gasteiger partial charge in [-0.1, -0.05) is 0 Å². The van der Waals surface area contributed by atoms with Gasteiger partial charge in [-0.15, -0.1) is 0 Å². The first-order chi connectivity index (χ1) is 10.2. The molecule has 1 aliphatic heterocycles. The summed E-state index contributed by atoms with van der Waals surface area (Å²) in [5.41, 5.74) is 10.7. The summed E-state index contributed by atoms with van der Waals surface area (Å²) in [6.45, 7) is -0.685. The van der Waals surface area contributed by atoms with Crippen LogP contribution in [0, 0.1) is 0 Å². The lowest BCUT2D eigenvalue weighted by Gasteiger charge is -2.20. The van der Waals surface area contributed by atoms with Crippen molar-refractivity contribution in [3.8, 4) is 0 Å². The maximum absolute atomic E-state index is 10.5. The topological polar surface area (TPSA) is 222 Å². The molecule has 0 radical (unpaired) electrons. The van der Waals surface area contributed by atoms with Crippen LogP contribution in [0.15, 0.2) is 0 Å². The molecule has 0 spiro atoms. The van der Waals surface area contributed by atoms with Gasteiger partial charge in [0.25, 0.3) is 7.82 Å². The Labute approximate surface area is 123 Å². The number of anilines is 3. The number of nitrogens with zero attached hydrogens (tertiary/aromatic N) is 3. The van der Waals surface area contributed by atoms with Crippen molar-refractivity contribution in [2.75, 3.05) is 23.4 Å². The Morgan fingerprint density at radius 1 is 1.27 bits per heavy atom. The molecule has 2 unspecified atom stereocenters. The highest BCUT2D eigenvalue weighted by Gasteiger charge is 2.43. The van der Waals surface area contributed by atoms with Crippen LogP contribution in [-0.2, 0) is 13.8 Å². The number of nitrogens with one attached hydrogen (secondary N) is 1. The fraction of sp³-hybridized carbons (Fsp3) is 0.625. The number of hydrogen-bond acceptors (Lipinski definition) is 12. The van der Waals surface area contributed by atoms with E-state index in [9.17, 15) is 19.7 Å². The third-order valence-electron chi connectivity index (χ3n) is 2.71. The van der Waals surface area contributed by atoms with Gasteiger partial charge in [0.05, 0.1) is 6.61 Å². The molecule has 1 saturated heterocycles. The summed E-state index contributed by atoms with van der Waals surface area (Å²) in [7, 11) is -4.97. The number of ether oxygens (including phenoxy) is 1. The Kier molecular flexibility index (Phi) is 4.77. The van der Waals surface area contributed by atoms with Crippen LogP contribution in [0.4, 0.5) is 17.8 Å². The number of aromatic nitrogens is 3. The lowest BCUT2D eigenvalue weighted by Crippen LogP contribution is -2.37. The molecule has 0 saturated carbocycles. The molecule has 0 aromatic carbocycles. The maximum atomic E-state index is 10.5. The van der Waals surface area contributed by atoms with Crippen LogP contribution < -0.4 is 21.7 Å². The summed E-state index contributed by atoms with van der Waals surface area (Å²) in [5.74, 6) is -0.453. The zero-order valence-corrected chi connectivity index (χ0v) is 11.8. The fourth-order valence-corrected chi connectivity index (χ4v) is 2.11. The van der Waals surface area contributed by atoms with E-state index >= 15 is 0 Å². The van der Waals surface area contributed by atoms with E-state index in [-0.39, 0.29) is 17.8 Å². The minimum atomic E-state index is -4.97. The first kappa shape index (κ1) is 16.8. The molecule has 1 aromatic heterocycles. The number of nitrogen functional groups attached to an aromatic ring is 2. The standard InChI is InChI=1S/C8H15N6O7P/c9-6-12-7(10)14-8(13-6)11-5-4(16)3(15)2(21-5)1-20-22(17,18)19/h2-5,15-16H,1H2,(H2,17,18,19)(H5,9,10,11,12,13,14)/p-1/t2-,3-,4-,5?/m1/s1. The van der Waals surface area contributed by atoms with Gasteiger partial charge in [0, 0.05) is 0 Å². The minimum Gasteiger partial charge on any atom is -0.756 e. The van der Waals surface area contributed by atoms with Crippen molar-refractivity contribution in [1.82, 2.24) is 15.0 Å². The first-order valence-electron chi connectivity index (χ1n) is 5.89. The van der Waals surface area contributed by atoms with Gasteiger partial charge in [0.2, 0.25) is 17.8 Å². The Hall–Kier alpha value is -1.60. The van der Waals surface area contributed by atoms with Crippen LogP contribution >= 0.6 is 7.82 Å². The average Bonchev–Trinajstić information content (AvgIpc) is 2.62. The van der Waals surface area contributed by atoms with E-state index in [1.54, 1.807) is 0 Å². The number of hydrogen-bond donors (Lipinski definition) is 6. The van der Waals surface area contributed by atoms with Gasteiger partial charge in [-0.25, -0.2) is 0 Å². The molecule has 0 aliphatic carbocycles. The van der Waals surface area contributed by atoms with Gasteiger partial charge in [-0.2, -0.15) is 15.0 Å². The number of phosphoric acid groups is 1. The zero-order valence-electron chi connectivity index (χ0n) is 10.9. The minimum absolute atomic E-state index is 0.112. The van der Waals surface area contributed by atoms with Crippen LogP contribution in [0.5, 0.6) is 0 Å². The molecule has 1 aromatic rings. The highest BCUT2D eigenvalue weighted by atomic mass is 31.2. The molecule has 13 nitrogen and oxygen atoms in total. The van der Waals surface area contributed by atoms with Gasteiger partial charge in [0.15, 0.2) is 6.23 Å². The summed E-state index contributed by atoms with van der Waals surface area (Å²) in [6.07, 6.45) is -5.31. The number of rotatable bonds is 5. The van der Waals surface area contributed by atoms with Crippen molar-refractivity contribution in [2.45, 2.75) is 24.5 Å². The lowest BCUT2D eigenvalue weighted by molar-refractivity contribution is -0.222. The second-order valence-electron chi connectivity index (χ2n) is 4.36. The molecule has 14 heteroatoms. The molecule has 1 aliphatic rings. The van der Waals surface area contributed by atoms with E-state index < -0.39 is 39.0 Å². The van der Waals surface area contributed by atoms with E-state index in [1.165, 1.54) is 0 Å².